The highest BCUT2D eigenvalue weighted by Crippen LogP contribution is 2.28. The Kier molecular flexibility index (Phi) is 29.1. The Labute approximate surface area is 562 Å². The maximum absolute atomic E-state index is 15.3. The molecule has 0 saturated carbocycles. The monoisotopic (exact) mass is 1350 g/mol. The molecule has 0 unspecified atom stereocenters. The summed E-state index contributed by atoms with van der Waals surface area (Å²) < 4.78 is 17.3. The standard InChI is InChI=1S/C67H103N11O18/c1-15-37(8)54-50(79)33-53(82)96-57(36(6)7)56(83)38(9)58(84)72-45(30-34(2)3)64(90)78-29-17-19-47(78)66(92)76(13)49(32-41-20-22-42(94-14)23-21-41)67(93)95-40(11)55(62(88)73-54)74-61(87)48(31-35(4)5)75(12)65(91)46-18-16-28-77(46)63(89)39(10)69-59(85)44(24-26-51(68)80)71-60(86)43-25-27-52(81)70-43/h20-23,34-40,43-50,54-55,57,79H,15-19,24-33H2,1-14H3,(H2,68,80)(H,69,85)(H,70,81)(H,71,86)(H,72,84)(H,73,88)(H,74,87)/t37-,38-,39-,40+,43-,44-,45-,46-,47-,48+,49-,50-,54+,55-,57-/m0/s1. The van der Waals surface area contributed by atoms with E-state index in [1.807, 2.05) is 13.8 Å². The number of ether oxygens (including phenoxy) is 3. The van der Waals surface area contributed by atoms with E-state index in [-0.39, 0.29) is 88.6 Å². The van der Waals surface area contributed by atoms with Crippen LogP contribution < -0.4 is 42.4 Å². The molecule has 0 aromatic heterocycles. The number of methoxy groups -OCH3 is 1. The number of aliphatic hydroxyl groups excluding tert-OH is 1. The van der Waals surface area contributed by atoms with Gasteiger partial charge in [-0.05, 0) is 114 Å². The number of esters is 2. The van der Waals surface area contributed by atoms with Gasteiger partial charge in [0.2, 0.25) is 65.0 Å². The van der Waals surface area contributed by atoms with E-state index >= 15 is 19.2 Å². The van der Waals surface area contributed by atoms with Crippen molar-refractivity contribution in [3.63, 3.8) is 0 Å². The van der Waals surface area contributed by atoms with Gasteiger partial charge in [-0.2, -0.15) is 0 Å². The number of nitrogens with zero attached hydrogens (tertiary/aromatic N) is 4. The van der Waals surface area contributed by atoms with Gasteiger partial charge < -0.3 is 76.6 Å². The van der Waals surface area contributed by atoms with Crippen LogP contribution in [0.5, 0.6) is 5.75 Å². The minimum atomic E-state index is -1.85. The van der Waals surface area contributed by atoms with Crippen molar-refractivity contribution in [2.75, 3.05) is 34.3 Å². The maximum Gasteiger partial charge on any atom is 0.329 e. The van der Waals surface area contributed by atoms with Gasteiger partial charge in [0, 0.05) is 46.4 Å². The molecule has 5 rings (SSSR count). The Morgan fingerprint density at radius 1 is 0.812 bits per heavy atom. The number of carbonyl (C=O) groups excluding carboxylic acids is 14. The molecule has 0 bridgehead atoms. The number of aliphatic hydroxyl groups is 1. The number of Topliss-reactive ketones (excluding diaryl/α,β-unsaturated/α-hetero) is 1. The molecule has 0 spiro atoms. The van der Waals surface area contributed by atoms with E-state index in [9.17, 15) is 53.1 Å². The summed E-state index contributed by atoms with van der Waals surface area (Å²) in [5, 5.41) is 27.8. The smallest absolute Gasteiger partial charge is 0.329 e. The number of cyclic esters (lactones) is 2. The number of hydrogen-bond acceptors (Lipinski definition) is 18. The lowest BCUT2D eigenvalue weighted by atomic mass is 9.91. The number of carbonyl (C=O) groups is 14. The highest BCUT2D eigenvalue weighted by atomic mass is 16.6. The first-order valence-corrected chi connectivity index (χ1v) is 33.6. The van der Waals surface area contributed by atoms with Crippen molar-refractivity contribution in [3.05, 3.63) is 29.8 Å². The van der Waals surface area contributed by atoms with Gasteiger partial charge in [0.1, 0.15) is 66.2 Å². The summed E-state index contributed by atoms with van der Waals surface area (Å²) in [6.45, 7) is 18.0. The molecule has 534 valence electrons. The molecule has 15 atom stereocenters. The lowest BCUT2D eigenvalue weighted by molar-refractivity contribution is -0.163. The Bertz CT molecular complexity index is 3000. The first-order valence-electron chi connectivity index (χ1n) is 33.6. The second-order valence-electron chi connectivity index (χ2n) is 27.2. The van der Waals surface area contributed by atoms with Crippen molar-refractivity contribution in [1.82, 2.24) is 51.5 Å². The van der Waals surface area contributed by atoms with Gasteiger partial charge in [0.25, 0.3) is 0 Å². The molecule has 0 aliphatic carbocycles. The molecule has 29 nitrogen and oxygen atoms in total. The first kappa shape index (κ1) is 78.5. The molecule has 1 aromatic rings. The second-order valence-corrected chi connectivity index (χ2v) is 27.2. The average molecular weight is 1350 g/mol. The van der Waals surface area contributed by atoms with Crippen LogP contribution in [0.4, 0.5) is 0 Å². The Morgan fingerprint density at radius 3 is 2.05 bits per heavy atom. The summed E-state index contributed by atoms with van der Waals surface area (Å²) in [6, 6.07) is -6.46. The Morgan fingerprint density at radius 2 is 1.47 bits per heavy atom. The van der Waals surface area contributed by atoms with Crippen molar-refractivity contribution >= 4 is 82.7 Å². The van der Waals surface area contributed by atoms with Gasteiger partial charge in [-0.1, -0.05) is 73.9 Å². The highest BCUT2D eigenvalue weighted by molar-refractivity contribution is 6.05. The van der Waals surface area contributed by atoms with Crippen LogP contribution in [0.15, 0.2) is 24.3 Å². The minimum absolute atomic E-state index is 0.0262. The summed E-state index contributed by atoms with van der Waals surface area (Å²) >= 11 is 0. The lowest BCUT2D eigenvalue weighted by Crippen LogP contribution is -2.62. The number of hydrogen-bond donors (Lipinski definition) is 8. The summed E-state index contributed by atoms with van der Waals surface area (Å²) in [6.07, 6.45) is -4.70. The average Bonchev–Trinajstić information content (AvgIpc) is 1.60. The van der Waals surface area contributed by atoms with Crippen LogP contribution >= 0.6 is 0 Å². The van der Waals surface area contributed by atoms with E-state index in [4.69, 9.17) is 19.9 Å². The predicted molar refractivity (Wildman–Crippen MR) is 348 cm³/mol. The molecule has 29 heteroatoms. The van der Waals surface area contributed by atoms with Crippen molar-refractivity contribution in [3.8, 4) is 5.75 Å². The molecule has 96 heavy (non-hydrogen) atoms. The van der Waals surface area contributed by atoms with E-state index < -0.39 is 180 Å². The number of primary amides is 1. The molecule has 0 radical (unpaired) electrons. The fourth-order valence-electron chi connectivity index (χ4n) is 12.5. The molecule has 1 aromatic carbocycles. The SMILES string of the molecule is CC[C@H](C)[C@H]1NC(=O)[C@@H](NC(=O)[C@@H](CC(C)C)N(C)C(=O)[C@@H]2CCCN2C(=O)[C@H](C)NC(=O)[C@H](CCC(N)=O)NC(=O)[C@@H]2CCC(=O)N2)[C@@H](C)OC(=O)[C@H](Cc2ccc(OC)cc2)N(C)C(=O)[C@@H]2CCCN2C(=O)[C@H](CC(C)C)NC(=O)[C@@H](C)C(=O)[C@H](C(C)C)OC(=O)C[C@@H]1O. The zero-order valence-electron chi connectivity index (χ0n) is 58.1. The number of nitrogens with two attached hydrogens (primary N) is 1. The first-order chi connectivity index (χ1) is 45.1. The van der Waals surface area contributed by atoms with Crippen LogP contribution in [0.2, 0.25) is 0 Å². The van der Waals surface area contributed by atoms with Crippen molar-refractivity contribution in [2.45, 2.75) is 238 Å². The molecule has 11 amide bonds. The Balaban J connectivity index is 1.54. The normalized spacial score (nSPS) is 26.6. The largest absolute Gasteiger partial charge is 0.497 e. The van der Waals surface area contributed by atoms with Gasteiger partial charge in [-0.25, -0.2) is 4.79 Å². The molecule has 4 aliphatic heterocycles. The molecule has 4 saturated heterocycles. The minimum Gasteiger partial charge on any atom is -0.497 e. The molecule has 4 aliphatic rings. The predicted octanol–water partition coefficient (Wildman–Crippen LogP) is 0.469. The second kappa shape index (κ2) is 35.7. The summed E-state index contributed by atoms with van der Waals surface area (Å²) in [5.41, 5.74) is 5.91. The number of likely N-dealkylation sites (tertiary alicyclic amines) is 1. The third-order valence-electron chi connectivity index (χ3n) is 18.5. The lowest BCUT2D eigenvalue weighted by Gasteiger charge is -2.36. The van der Waals surface area contributed by atoms with Crippen molar-refractivity contribution in [1.29, 1.82) is 0 Å². The van der Waals surface area contributed by atoms with E-state index in [1.54, 1.807) is 65.8 Å². The van der Waals surface area contributed by atoms with E-state index in [1.165, 1.54) is 51.8 Å². The summed E-state index contributed by atoms with van der Waals surface area (Å²) in [7, 11) is 4.20. The molecular weight excluding hydrogens is 1250 g/mol. The number of benzene rings is 1. The fourth-order valence-corrected chi connectivity index (χ4v) is 12.5. The molecule has 4 fully saturated rings. The number of nitrogens with one attached hydrogen (secondary N) is 6. The summed E-state index contributed by atoms with van der Waals surface area (Å²) in [5.74, 6) is -13.7. The van der Waals surface area contributed by atoms with Crippen LogP contribution in [0.3, 0.4) is 0 Å². The maximum atomic E-state index is 15.3. The van der Waals surface area contributed by atoms with Crippen molar-refractivity contribution in [2.24, 2.45) is 35.3 Å². The highest BCUT2D eigenvalue weighted by Gasteiger charge is 2.47. The number of amides is 11. The number of fused-ring (bicyclic) bond motifs is 1. The molecule has 4 heterocycles. The van der Waals surface area contributed by atoms with Crippen LogP contribution in [-0.4, -0.2) is 220 Å². The zero-order chi connectivity index (χ0) is 71.7. The quantitative estimate of drug-likeness (QED) is 0.0578. The van der Waals surface area contributed by atoms with Gasteiger partial charge in [0.15, 0.2) is 11.9 Å². The summed E-state index contributed by atoms with van der Waals surface area (Å²) in [4.78, 5) is 202. The van der Waals surface area contributed by atoms with Gasteiger partial charge in [-0.3, -0.25) is 62.3 Å². The van der Waals surface area contributed by atoms with E-state index in [0.717, 1.165) is 9.80 Å². The van der Waals surface area contributed by atoms with E-state index in [2.05, 4.69) is 31.9 Å². The Hall–Kier alpha value is -8.24. The van der Waals surface area contributed by atoms with Gasteiger partial charge >= 0.3 is 11.9 Å². The fraction of sp³-hybridized carbons (Fsp3) is 0.701. The third kappa shape index (κ3) is 20.9. The number of ketones is 1. The van der Waals surface area contributed by atoms with E-state index in [0.29, 0.717) is 30.6 Å². The van der Waals surface area contributed by atoms with Crippen LogP contribution in [0.1, 0.15) is 159 Å². The van der Waals surface area contributed by atoms with Crippen LogP contribution in [0.25, 0.3) is 0 Å². The van der Waals surface area contributed by atoms with Gasteiger partial charge in [-0.15, -0.1) is 0 Å². The third-order valence-corrected chi connectivity index (χ3v) is 18.5. The number of rotatable bonds is 22. The van der Waals surface area contributed by atoms with Crippen molar-refractivity contribution < 1.29 is 86.4 Å². The van der Waals surface area contributed by atoms with Crippen LogP contribution in [0, 0.1) is 29.6 Å². The molecule has 9 N–H and O–H groups in total. The van der Waals surface area contributed by atoms with Crippen LogP contribution in [-0.2, 0) is 83.0 Å². The zero-order valence-corrected chi connectivity index (χ0v) is 58.1. The number of likely N-dealkylation sites (N-methyl/N-ethyl adjacent to an activating group) is 2. The van der Waals surface area contributed by atoms with Gasteiger partial charge in [0.05, 0.1) is 31.6 Å². The topological polar surface area (TPSA) is 398 Å². The molecular formula is C67H103N11O18.